The molecule has 2 heterocycles. The lowest BCUT2D eigenvalue weighted by atomic mass is 10.2. The van der Waals surface area contributed by atoms with Crippen LogP contribution in [0, 0.1) is 0 Å². The maximum Gasteiger partial charge on any atom is 0.302 e. The van der Waals surface area contributed by atoms with E-state index in [0.717, 1.165) is 6.42 Å². The molecule has 0 aliphatic rings. The zero-order chi connectivity index (χ0) is 16.8. The molecular weight excluding hydrogens is 326 g/mol. The van der Waals surface area contributed by atoms with E-state index in [0.29, 0.717) is 12.1 Å². The number of aromatic nitrogens is 1. The van der Waals surface area contributed by atoms with Gasteiger partial charge in [0.25, 0.3) is 11.8 Å². The first-order valence-electron chi connectivity index (χ1n) is 7.35. The SMILES string of the molecule is O=C(Nc1nc(C(=O)NCCc2cccs2)co1)c1ccccc1. The lowest BCUT2D eigenvalue weighted by Gasteiger charge is -2.01. The van der Waals surface area contributed by atoms with E-state index >= 15 is 0 Å². The van der Waals surface area contributed by atoms with Crippen LogP contribution < -0.4 is 10.6 Å². The third kappa shape index (κ3) is 4.08. The van der Waals surface area contributed by atoms with E-state index in [2.05, 4.69) is 15.6 Å². The van der Waals surface area contributed by atoms with Crippen LogP contribution in [0.25, 0.3) is 0 Å². The fourth-order valence-corrected chi connectivity index (χ4v) is 2.75. The Morgan fingerprint density at radius 1 is 1.08 bits per heavy atom. The van der Waals surface area contributed by atoms with Gasteiger partial charge in [0.05, 0.1) is 0 Å². The molecular formula is C17H15N3O3S. The van der Waals surface area contributed by atoms with Crippen LogP contribution in [0.1, 0.15) is 25.7 Å². The minimum Gasteiger partial charge on any atom is -0.431 e. The van der Waals surface area contributed by atoms with Crippen LogP contribution in [-0.2, 0) is 6.42 Å². The highest BCUT2D eigenvalue weighted by molar-refractivity contribution is 7.09. The second kappa shape index (κ2) is 7.56. The number of hydrogen-bond donors (Lipinski definition) is 2. The number of carbonyl (C=O) groups is 2. The Morgan fingerprint density at radius 2 is 1.92 bits per heavy atom. The van der Waals surface area contributed by atoms with Crippen LogP contribution in [0.15, 0.2) is 58.5 Å². The number of anilines is 1. The number of thiophene rings is 1. The van der Waals surface area contributed by atoms with Crippen molar-refractivity contribution in [2.45, 2.75) is 6.42 Å². The second-order valence-corrected chi connectivity index (χ2v) is 5.98. The average Bonchev–Trinajstić information content (AvgIpc) is 3.27. The Hall–Kier alpha value is -2.93. The summed E-state index contributed by atoms with van der Waals surface area (Å²) in [5.41, 5.74) is 0.613. The van der Waals surface area contributed by atoms with Gasteiger partial charge < -0.3 is 9.73 Å². The molecule has 0 bridgehead atoms. The quantitative estimate of drug-likeness (QED) is 0.722. The number of hydrogen-bond acceptors (Lipinski definition) is 5. The molecule has 0 saturated carbocycles. The third-order valence-corrected chi connectivity index (χ3v) is 4.17. The zero-order valence-electron chi connectivity index (χ0n) is 12.7. The van der Waals surface area contributed by atoms with E-state index < -0.39 is 0 Å². The summed E-state index contributed by atoms with van der Waals surface area (Å²) in [5, 5.41) is 7.28. The first-order valence-corrected chi connectivity index (χ1v) is 8.23. The fourth-order valence-electron chi connectivity index (χ4n) is 2.04. The molecule has 0 unspecified atom stereocenters. The van der Waals surface area contributed by atoms with Crippen LogP contribution in [-0.4, -0.2) is 23.3 Å². The minimum atomic E-state index is -0.345. The third-order valence-electron chi connectivity index (χ3n) is 3.23. The molecule has 7 heteroatoms. The molecule has 122 valence electrons. The van der Waals surface area contributed by atoms with E-state index in [1.165, 1.54) is 11.1 Å². The van der Waals surface area contributed by atoms with Crippen molar-refractivity contribution in [3.8, 4) is 0 Å². The zero-order valence-corrected chi connectivity index (χ0v) is 13.5. The van der Waals surface area contributed by atoms with Gasteiger partial charge in [-0.05, 0) is 30.0 Å². The highest BCUT2D eigenvalue weighted by Gasteiger charge is 2.14. The lowest BCUT2D eigenvalue weighted by Crippen LogP contribution is -2.25. The number of amides is 2. The highest BCUT2D eigenvalue weighted by Crippen LogP contribution is 2.11. The Bertz CT molecular complexity index is 813. The molecule has 1 aromatic carbocycles. The summed E-state index contributed by atoms with van der Waals surface area (Å²) in [6.07, 6.45) is 1.99. The Labute approximate surface area is 142 Å². The number of nitrogens with zero attached hydrogens (tertiary/aromatic N) is 1. The van der Waals surface area contributed by atoms with Crippen molar-refractivity contribution in [3.05, 3.63) is 70.2 Å². The molecule has 0 saturated heterocycles. The van der Waals surface area contributed by atoms with Crippen molar-refractivity contribution in [1.82, 2.24) is 10.3 Å². The van der Waals surface area contributed by atoms with E-state index in [1.807, 2.05) is 23.6 Å². The van der Waals surface area contributed by atoms with Gasteiger partial charge in [0, 0.05) is 17.0 Å². The Morgan fingerprint density at radius 3 is 2.67 bits per heavy atom. The monoisotopic (exact) mass is 341 g/mol. The normalized spacial score (nSPS) is 10.3. The fraction of sp³-hybridized carbons (Fsp3) is 0.118. The molecule has 6 nitrogen and oxygen atoms in total. The van der Waals surface area contributed by atoms with Crippen molar-refractivity contribution in [2.75, 3.05) is 11.9 Å². The van der Waals surface area contributed by atoms with Gasteiger partial charge in [-0.3, -0.25) is 14.9 Å². The number of nitrogens with one attached hydrogen (secondary N) is 2. The topological polar surface area (TPSA) is 84.2 Å². The molecule has 0 spiro atoms. The van der Waals surface area contributed by atoms with Gasteiger partial charge in [0.1, 0.15) is 6.26 Å². The molecule has 0 atom stereocenters. The number of carbonyl (C=O) groups excluding carboxylic acids is 2. The van der Waals surface area contributed by atoms with Gasteiger partial charge in [-0.2, -0.15) is 4.98 Å². The van der Waals surface area contributed by atoms with Crippen molar-refractivity contribution >= 4 is 29.2 Å². The number of oxazole rings is 1. The van der Waals surface area contributed by atoms with Gasteiger partial charge in [0.2, 0.25) is 0 Å². The molecule has 3 rings (SSSR count). The molecule has 3 aromatic rings. The minimum absolute atomic E-state index is 0.00717. The number of rotatable bonds is 6. The Kier molecular flexibility index (Phi) is 5.02. The van der Waals surface area contributed by atoms with Gasteiger partial charge in [-0.1, -0.05) is 24.3 Å². The second-order valence-electron chi connectivity index (χ2n) is 4.94. The number of benzene rings is 1. The van der Waals surface area contributed by atoms with Gasteiger partial charge in [0.15, 0.2) is 5.69 Å². The molecule has 0 fully saturated rings. The van der Waals surface area contributed by atoms with E-state index in [-0.39, 0.29) is 23.5 Å². The van der Waals surface area contributed by atoms with E-state index in [9.17, 15) is 9.59 Å². The van der Waals surface area contributed by atoms with Crippen LogP contribution in [0.5, 0.6) is 0 Å². The van der Waals surface area contributed by atoms with Crippen LogP contribution >= 0.6 is 11.3 Å². The molecule has 0 aliphatic carbocycles. The van der Waals surface area contributed by atoms with Crippen LogP contribution in [0.3, 0.4) is 0 Å². The van der Waals surface area contributed by atoms with Crippen LogP contribution in [0.2, 0.25) is 0 Å². The van der Waals surface area contributed by atoms with Gasteiger partial charge >= 0.3 is 6.01 Å². The highest BCUT2D eigenvalue weighted by atomic mass is 32.1. The summed E-state index contributed by atoms with van der Waals surface area (Å²) in [6, 6.07) is 12.7. The summed E-state index contributed by atoms with van der Waals surface area (Å²) in [7, 11) is 0. The first kappa shape index (κ1) is 15.9. The Balaban J connectivity index is 1.53. The summed E-state index contributed by atoms with van der Waals surface area (Å²) < 4.78 is 5.13. The smallest absolute Gasteiger partial charge is 0.302 e. The molecule has 2 amide bonds. The molecule has 24 heavy (non-hydrogen) atoms. The lowest BCUT2D eigenvalue weighted by molar-refractivity contribution is 0.0948. The predicted molar refractivity (Wildman–Crippen MR) is 91.3 cm³/mol. The van der Waals surface area contributed by atoms with Gasteiger partial charge in [-0.15, -0.1) is 11.3 Å². The average molecular weight is 341 g/mol. The molecule has 0 aliphatic heterocycles. The maximum atomic E-state index is 12.0. The summed E-state index contributed by atoms with van der Waals surface area (Å²) in [6.45, 7) is 0.512. The summed E-state index contributed by atoms with van der Waals surface area (Å²) in [4.78, 5) is 29.2. The standard InChI is InChI=1S/C17H15N3O3S/c21-15(12-5-2-1-3-6-12)20-17-19-14(11-23-17)16(22)18-9-8-13-7-4-10-24-13/h1-7,10-11H,8-9H2,(H,18,22)(H,19,20,21). The van der Waals surface area contributed by atoms with Crippen molar-refractivity contribution in [3.63, 3.8) is 0 Å². The predicted octanol–water partition coefficient (Wildman–Crippen LogP) is 2.96. The van der Waals surface area contributed by atoms with Gasteiger partial charge in [-0.25, -0.2) is 0 Å². The maximum absolute atomic E-state index is 12.0. The van der Waals surface area contributed by atoms with Crippen molar-refractivity contribution in [1.29, 1.82) is 0 Å². The van der Waals surface area contributed by atoms with E-state index in [1.54, 1.807) is 35.6 Å². The first-order chi connectivity index (χ1) is 11.7. The van der Waals surface area contributed by atoms with Crippen molar-refractivity contribution in [2.24, 2.45) is 0 Å². The largest absolute Gasteiger partial charge is 0.431 e. The molecule has 2 N–H and O–H groups in total. The van der Waals surface area contributed by atoms with Crippen LogP contribution in [0.4, 0.5) is 6.01 Å². The summed E-state index contributed by atoms with van der Waals surface area (Å²) in [5.74, 6) is -0.683. The molecule has 2 aromatic heterocycles. The van der Waals surface area contributed by atoms with E-state index in [4.69, 9.17) is 4.42 Å². The van der Waals surface area contributed by atoms with Crippen molar-refractivity contribution < 1.29 is 14.0 Å². The molecule has 0 radical (unpaired) electrons. The summed E-state index contributed by atoms with van der Waals surface area (Å²) >= 11 is 1.65.